The average molecular weight is 390 g/mol. The summed E-state index contributed by atoms with van der Waals surface area (Å²) in [5.41, 5.74) is 2.72. The molecule has 5 nitrogen and oxygen atoms in total. The molecule has 0 radical (unpaired) electrons. The van der Waals surface area contributed by atoms with Crippen molar-refractivity contribution < 1.29 is 18.3 Å². The fourth-order valence-corrected chi connectivity index (χ4v) is 3.51. The second kappa shape index (κ2) is 7.51. The van der Waals surface area contributed by atoms with Crippen molar-refractivity contribution in [2.45, 2.75) is 19.8 Å². The van der Waals surface area contributed by atoms with Gasteiger partial charge in [-0.1, -0.05) is 38.1 Å². The molecule has 0 aliphatic carbocycles. The molecule has 0 aliphatic rings. The molecule has 2 aromatic carbocycles. The van der Waals surface area contributed by atoms with Crippen LogP contribution in [0.4, 0.5) is 0 Å². The zero-order valence-corrected chi connectivity index (χ0v) is 16.8. The molecular formula is C24H22O5. The van der Waals surface area contributed by atoms with Crippen molar-refractivity contribution in [3.05, 3.63) is 69.8 Å². The van der Waals surface area contributed by atoms with E-state index in [1.165, 1.54) is 6.07 Å². The van der Waals surface area contributed by atoms with Crippen LogP contribution in [-0.4, -0.2) is 14.2 Å². The summed E-state index contributed by atoms with van der Waals surface area (Å²) in [7, 11) is 3.25. The van der Waals surface area contributed by atoms with E-state index in [0.717, 1.165) is 27.7 Å². The molecule has 29 heavy (non-hydrogen) atoms. The van der Waals surface area contributed by atoms with Crippen LogP contribution in [0.15, 0.2) is 56.1 Å². The molecule has 0 saturated heterocycles. The van der Waals surface area contributed by atoms with E-state index in [0.29, 0.717) is 22.7 Å². The van der Waals surface area contributed by atoms with Crippen LogP contribution in [0.25, 0.3) is 34.1 Å². The van der Waals surface area contributed by atoms with Gasteiger partial charge in [-0.25, -0.2) is 4.79 Å². The molecule has 0 amide bonds. The molecule has 4 rings (SSSR count). The number of fused-ring (bicyclic) bond motifs is 2. The molecule has 0 fully saturated rings. The maximum Gasteiger partial charge on any atom is 0.336 e. The molecule has 5 heteroatoms. The molecule has 2 heterocycles. The third kappa shape index (κ3) is 3.40. The Balaban J connectivity index is 1.90. The third-order valence-corrected chi connectivity index (χ3v) is 4.88. The van der Waals surface area contributed by atoms with E-state index in [2.05, 4.69) is 13.8 Å². The molecule has 0 saturated carbocycles. The lowest BCUT2D eigenvalue weighted by molar-refractivity contribution is 0.354. The van der Waals surface area contributed by atoms with Gasteiger partial charge in [-0.3, -0.25) is 0 Å². The molecule has 4 aromatic rings. The van der Waals surface area contributed by atoms with Crippen LogP contribution in [0.2, 0.25) is 0 Å². The van der Waals surface area contributed by atoms with Gasteiger partial charge >= 0.3 is 5.63 Å². The minimum absolute atomic E-state index is 0.185. The summed E-state index contributed by atoms with van der Waals surface area (Å²) >= 11 is 0. The van der Waals surface area contributed by atoms with Crippen molar-refractivity contribution in [3.63, 3.8) is 0 Å². The summed E-state index contributed by atoms with van der Waals surface area (Å²) in [5.74, 6) is 2.41. The fourth-order valence-electron chi connectivity index (χ4n) is 3.51. The molecule has 0 spiro atoms. The summed E-state index contributed by atoms with van der Waals surface area (Å²) in [4.78, 5) is 11.5. The Morgan fingerprint density at radius 3 is 2.48 bits per heavy atom. The van der Waals surface area contributed by atoms with Crippen molar-refractivity contribution in [1.29, 1.82) is 0 Å². The van der Waals surface area contributed by atoms with Crippen molar-refractivity contribution >= 4 is 34.1 Å². The first-order chi connectivity index (χ1) is 14.0. The van der Waals surface area contributed by atoms with E-state index in [4.69, 9.17) is 18.3 Å². The summed E-state index contributed by atoms with van der Waals surface area (Å²) in [6.07, 6.45) is 4.02. The molecule has 0 unspecified atom stereocenters. The van der Waals surface area contributed by atoms with E-state index in [-0.39, 0.29) is 11.5 Å². The number of hydrogen-bond donors (Lipinski definition) is 0. The van der Waals surface area contributed by atoms with Crippen LogP contribution in [0.5, 0.6) is 11.5 Å². The van der Waals surface area contributed by atoms with E-state index in [9.17, 15) is 4.79 Å². The fraction of sp³-hybridized carbons (Fsp3) is 0.208. The smallest absolute Gasteiger partial charge is 0.336 e. The Labute approximate surface area is 168 Å². The number of benzene rings is 2. The molecule has 0 atom stereocenters. The lowest BCUT2D eigenvalue weighted by Crippen LogP contribution is -1.94. The molecule has 148 valence electrons. The number of ether oxygens (including phenoxy) is 2. The second-order valence-electron chi connectivity index (χ2n) is 7.09. The molecule has 0 aliphatic heterocycles. The highest BCUT2D eigenvalue weighted by Crippen LogP contribution is 2.36. The zero-order chi connectivity index (χ0) is 20.5. The maximum absolute atomic E-state index is 11.5. The SMILES string of the molecule is COc1cccc(/C=C\c2c(C(C)C)oc3cc4oc(=O)ccc4cc23)c1OC. The molecule has 0 bridgehead atoms. The standard InChI is InChI=1S/C24H22O5/c1-14(2)23-17(10-8-15-6-5-7-19(26-3)24(15)27-4)18-12-16-9-11-22(25)28-20(16)13-21(18)29-23/h5-14H,1-4H3/b10-8-. The van der Waals surface area contributed by atoms with Gasteiger partial charge in [0.25, 0.3) is 0 Å². The third-order valence-electron chi connectivity index (χ3n) is 4.88. The van der Waals surface area contributed by atoms with Crippen LogP contribution >= 0.6 is 0 Å². The van der Waals surface area contributed by atoms with Crippen molar-refractivity contribution in [3.8, 4) is 11.5 Å². The van der Waals surface area contributed by atoms with Crippen LogP contribution in [0.1, 0.15) is 36.7 Å². The highest BCUT2D eigenvalue weighted by atomic mass is 16.5. The van der Waals surface area contributed by atoms with Crippen LogP contribution in [0, 0.1) is 0 Å². The Morgan fingerprint density at radius 2 is 1.76 bits per heavy atom. The van der Waals surface area contributed by atoms with E-state index >= 15 is 0 Å². The van der Waals surface area contributed by atoms with Gasteiger partial charge < -0.3 is 18.3 Å². The van der Waals surface area contributed by atoms with Crippen LogP contribution in [0.3, 0.4) is 0 Å². The number of para-hydroxylation sites is 1. The molecule has 2 aromatic heterocycles. The Bertz CT molecular complexity index is 1270. The summed E-state index contributed by atoms with van der Waals surface area (Å²) < 4.78 is 22.3. The quantitative estimate of drug-likeness (QED) is 0.400. The van der Waals surface area contributed by atoms with Gasteiger partial charge in [-0.05, 0) is 18.2 Å². The predicted octanol–water partition coefficient (Wildman–Crippen LogP) is 5.85. The van der Waals surface area contributed by atoms with Crippen LogP contribution in [-0.2, 0) is 0 Å². The lowest BCUT2D eigenvalue weighted by Gasteiger charge is -2.10. The minimum atomic E-state index is -0.377. The largest absolute Gasteiger partial charge is 0.493 e. The highest BCUT2D eigenvalue weighted by molar-refractivity contribution is 5.99. The lowest BCUT2D eigenvalue weighted by atomic mass is 10.0. The number of hydrogen-bond acceptors (Lipinski definition) is 5. The summed E-state index contributed by atoms with van der Waals surface area (Å²) in [5, 5.41) is 1.81. The van der Waals surface area contributed by atoms with Gasteiger partial charge in [-0.2, -0.15) is 0 Å². The van der Waals surface area contributed by atoms with Crippen LogP contribution < -0.4 is 15.1 Å². The van der Waals surface area contributed by atoms with Crippen molar-refractivity contribution in [1.82, 2.24) is 0 Å². The Morgan fingerprint density at radius 1 is 0.931 bits per heavy atom. The van der Waals surface area contributed by atoms with Crippen molar-refractivity contribution in [2.75, 3.05) is 14.2 Å². The van der Waals surface area contributed by atoms with E-state index < -0.39 is 0 Å². The Hall–Kier alpha value is -3.47. The van der Waals surface area contributed by atoms with Gasteiger partial charge in [0.1, 0.15) is 16.9 Å². The van der Waals surface area contributed by atoms with Gasteiger partial charge in [0.15, 0.2) is 11.5 Å². The predicted molar refractivity (Wildman–Crippen MR) is 115 cm³/mol. The topological polar surface area (TPSA) is 61.8 Å². The normalized spacial score (nSPS) is 11.8. The number of furan rings is 1. The first-order valence-electron chi connectivity index (χ1n) is 9.41. The maximum atomic E-state index is 11.5. The van der Waals surface area contributed by atoms with Gasteiger partial charge in [0.2, 0.25) is 0 Å². The monoisotopic (exact) mass is 390 g/mol. The van der Waals surface area contributed by atoms with E-state index in [1.54, 1.807) is 26.4 Å². The average Bonchev–Trinajstić information content (AvgIpc) is 3.07. The second-order valence-corrected chi connectivity index (χ2v) is 7.09. The minimum Gasteiger partial charge on any atom is -0.493 e. The number of methoxy groups -OCH3 is 2. The Kier molecular flexibility index (Phi) is 4.89. The van der Waals surface area contributed by atoms with Gasteiger partial charge in [0, 0.05) is 39.9 Å². The molecular weight excluding hydrogens is 368 g/mol. The first kappa shape index (κ1) is 18.9. The van der Waals surface area contributed by atoms with Gasteiger partial charge in [-0.15, -0.1) is 0 Å². The zero-order valence-electron chi connectivity index (χ0n) is 16.8. The van der Waals surface area contributed by atoms with E-state index in [1.807, 2.05) is 36.4 Å². The number of rotatable bonds is 5. The molecule has 0 N–H and O–H groups in total. The summed E-state index contributed by atoms with van der Waals surface area (Å²) in [6.45, 7) is 4.17. The van der Waals surface area contributed by atoms with Gasteiger partial charge in [0.05, 0.1) is 14.2 Å². The first-order valence-corrected chi connectivity index (χ1v) is 9.41. The highest BCUT2D eigenvalue weighted by Gasteiger charge is 2.17. The van der Waals surface area contributed by atoms with Crippen molar-refractivity contribution in [2.24, 2.45) is 0 Å². The summed E-state index contributed by atoms with van der Waals surface area (Å²) in [6, 6.07) is 12.7.